The van der Waals surface area contributed by atoms with Gasteiger partial charge >= 0.3 is 5.97 Å². The monoisotopic (exact) mass is 480 g/mol. The molecular formula is C29H28N4O3. The minimum Gasteiger partial charge on any atom is -0.478 e. The number of carbonyl (C=O) groups is 2. The summed E-state index contributed by atoms with van der Waals surface area (Å²) in [6.45, 7) is 4.52. The summed E-state index contributed by atoms with van der Waals surface area (Å²) in [5.41, 5.74) is 3.82. The van der Waals surface area contributed by atoms with Crippen LogP contribution in [0, 0.1) is 0 Å². The molecule has 2 N–H and O–H groups in total. The number of nitrogens with one attached hydrogen (secondary N) is 1. The van der Waals surface area contributed by atoms with E-state index in [4.69, 9.17) is 4.98 Å². The molecule has 0 bridgehead atoms. The number of carbonyl (C=O) groups excluding carboxylic acids is 1. The summed E-state index contributed by atoms with van der Waals surface area (Å²) in [6, 6.07) is 28.0. The van der Waals surface area contributed by atoms with Crippen molar-refractivity contribution in [2.75, 3.05) is 36.4 Å². The average Bonchev–Trinajstić information content (AvgIpc) is 2.89. The number of carboxylic acid groups (broad SMARTS) is 1. The first-order chi connectivity index (χ1) is 17.5. The van der Waals surface area contributed by atoms with E-state index in [1.807, 2.05) is 12.1 Å². The number of anilines is 2. The van der Waals surface area contributed by atoms with Crippen LogP contribution in [0.3, 0.4) is 0 Å². The maximum Gasteiger partial charge on any atom is 0.336 e. The van der Waals surface area contributed by atoms with Crippen LogP contribution in [0.25, 0.3) is 10.9 Å². The number of hydrogen-bond donors (Lipinski definition) is 2. The molecule has 0 radical (unpaired) electrons. The number of piperazine rings is 1. The van der Waals surface area contributed by atoms with Crippen LogP contribution in [-0.2, 0) is 4.79 Å². The first-order valence-corrected chi connectivity index (χ1v) is 12.0. The first kappa shape index (κ1) is 23.5. The van der Waals surface area contributed by atoms with E-state index in [0.717, 1.165) is 26.2 Å². The summed E-state index contributed by atoms with van der Waals surface area (Å²) in [5.74, 6) is -0.573. The molecule has 36 heavy (non-hydrogen) atoms. The van der Waals surface area contributed by atoms with Gasteiger partial charge in [0.05, 0.1) is 17.1 Å². The lowest BCUT2D eigenvalue weighted by atomic mass is 9.96. The first-order valence-electron chi connectivity index (χ1n) is 12.0. The number of fused-ring (bicyclic) bond motifs is 1. The molecule has 5 rings (SSSR count). The molecule has 0 atom stereocenters. The van der Waals surface area contributed by atoms with E-state index in [2.05, 4.69) is 63.6 Å². The molecule has 182 valence electrons. The van der Waals surface area contributed by atoms with Gasteiger partial charge in [0.15, 0.2) is 0 Å². The lowest BCUT2D eigenvalue weighted by Gasteiger charge is -2.40. The summed E-state index contributed by atoms with van der Waals surface area (Å²) in [6.07, 6.45) is 0. The molecule has 0 spiro atoms. The standard InChI is InChI=1S/C29H28N4O3/c1-20(34)30-23-12-13-26-24(18-23)25(29(35)36)19-27(31-26)32-14-16-33(17-15-32)28(21-8-4-2-5-9-21)22-10-6-3-7-11-22/h2-13,18-19,28H,14-17H2,1H3,(H,30,34)(H,35,36). The zero-order chi connectivity index (χ0) is 25.1. The molecule has 1 amide bonds. The highest BCUT2D eigenvalue weighted by Crippen LogP contribution is 2.31. The van der Waals surface area contributed by atoms with Crippen LogP contribution in [0.2, 0.25) is 0 Å². The number of aromatic carboxylic acids is 1. The second-order valence-electron chi connectivity index (χ2n) is 8.99. The number of benzene rings is 3. The van der Waals surface area contributed by atoms with Gasteiger partial charge in [-0.1, -0.05) is 60.7 Å². The number of aromatic nitrogens is 1. The van der Waals surface area contributed by atoms with E-state index < -0.39 is 5.97 Å². The van der Waals surface area contributed by atoms with E-state index in [0.29, 0.717) is 22.4 Å². The Bertz CT molecular complexity index is 1340. The molecule has 0 saturated carbocycles. The van der Waals surface area contributed by atoms with Gasteiger partial charge in [-0.05, 0) is 35.4 Å². The van der Waals surface area contributed by atoms with Crippen molar-refractivity contribution < 1.29 is 14.7 Å². The highest BCUT2D eigenvalue weighted by molar-refractivity contribution is 6.05. The Kier molecular flexibility index (Phi) is 6.64. The highest BCUT2D eigenvalue weighted by Gasteiger charge is 2.27. The summed E-state index contributed by atoms with van der Waals surface area (Å²) < 4.78 is 0. The predicted octanol–water partition coefficient (Wildman–Crippen LogP) is 4.80. The van der Waals surface area contributed by atoms with Gasteiger partial charge in [0, 0.05) is 44.2 Å². The Hall–Kier alpha value is -4.23. The molecule has 4 aromatic rings. The molecule has 1 fully saturated rings. The second-order valence-corrected chi connectivity index (χ2v) is 8.99. The smallest absolute Gasteiger partial charge is 0.336 e. The van der Waals surface area contributed by atoms with Crippen LogP contribution in [-0.4, -0.2) is 53.0 Å². The molecule has 1 aromatic heterocycles. The van der Waals surface area contributed by atoms with Gasteiger partial charge in [0.1, 0.15) is 5.82 Å². The van der Waals surface area contributed by atoms with Gasteiger partial charge in [0.25, 0.3) is 0 Å². The lowest BCUT2D eigenvalue weighted by molar-refractivity contribution is -0.114. The average molecular weight is 481 g/mol. The van der Waals surface area contributed by atoms with Crippen molar-refractivity contribution in [2.45, 2.75) is 13.0 Å². The van der Waals surface area contributed by atoms with Crippen LogP contribution >= 0.6 is 0 Å². The zero-order valence-electron chi connectivity index (χ0n) is 20.1. The van der Waals surface area contributed by atoms with E-state index in [-0.39, 0.29) is 17.5 Å². The summed E-state index contributed by atoms with van der Waals surface area (Å²) in [7, 11) is 0. The van der Waals surface area contributed by atoms with Crippen molar-refractivity contribution in [1.29, 1.82) is 0 Å². The molecule has 1 aliphatic rings. The Morgan fingerprint density at radius 3 is 2.03 bits per heavy atom. The van der Waals surface area contributed by atoms with Gasteiger partial charge in [-0.25, -0.2) is 9.78 Å². The van der Waals surface area contributed by atoms with E-state index in [1.165, 1.54) is 18.1 Å². The van der Waals surface area contributed by atoms with Crippen LogP contribution in [0.15, 0.2) is 84.9 Å². The van der Waals surface area contributed by atoms with Crippen molar-refractivity contribution in [1.82, 2.24) is 9.88 Å². The SMILES string of the molecule is CC(=O)Nc1ccc2nc(N3CCN(C(c4ccccc4)c4ccccc4)CC3)cc(C(=O)O)c2c1. The van der Waals surface area contributed by atoms with Crippen molar-refractivity contribution in [3.05, 3.63) is 102 Å². The molecule has 0 unspecified atom stereocenters. The topological polar surface area (TPSA) is 85.8 Å². The van der Waals surface area contributed by atoms with Gasteiger partial charge in [-0.15, -0.1) is 0 Å². The summed E-state index contributed by atoms with van der Waals surface area (Å²) in [5, 5.41) is 13.1. The Morgan fingerprint density at radius 1 is 0.861 bits per heavy atom. The van der Waals surface area contributed by atoms with Gasteiger partial charge in [-0.2, -0.15) is 0 Å². The number of nitrogens with zero attached hydrogens (tertiary/aromatic N) is 3. The number of carboxylic acids is 1. The minimum absolute atomic E-state index is 0.154. The van der Waals surface area contributed by atoms with Crippen molar-refractivity contribution in [3.63, 3.8) is 0 Å². The van der Waals surface area contributed by atoms with Crippen molar-refractivity contribution in [2.24, 2.45) is 0 Å². The number of amides is 1. The van der Waals surface area contributed by atoms with Crippen LogP contribution in [0.5, 0.6) is 0 Å². The summed E-state index contributed by atoms with van der Waals surface area (Å²) in [4.78, 5) is 32.9. The van der Waals surface area contributed by atoms with Gasteiger partial charge < -0.3 is 15.3 Å². The molecule has 0 aliphatic carbocycles. The predicted molar refractivity (Wildman–Crippen MR) is 142 cm³/mol. The van der Waals surface area contributed by atoms with E-state index in [9.17, 15) is 14.7 Å². The molecule has 7 nitrogen and oxygen atoms in total. The number of pyridine rings is 1. The minimum atomic E-state index is -1.02. The highest BCUT2D eigenvalue weighted by atomic mass is 16.4. The Balaban J connectivity index is 1.41. The quantitative estimate of drug-likeness (QED) is 0.412. The maximum absolute atomic E-state index is 12.1. The summed E-state index contributed by atoms with van der Waals surface area (Å²) >= 11 is 0. The second kappa shape index (κ2) is 10.2. The lowest BCUT2D eigenvalue weighted by Crippen LogP contribution is -2.48. The van der Waals surface area contributed by atoms with Crippen LogP contribution < -0.4 is 10.2 Å². The largest absolute Gasteiger partial charge is 0.478 e. The number of rotatable bonds is 6. The maximum atomic E-state index is 12.1. The molecule has 1 saturated heterocycles. The fraction of sp³-hybridized carbons (Fsp3) is 0.207. The third-order valence-electron chi connectivity index (χ3n) is 6.58. The molecule has 7 heteroatoms. The van der Waals surface area contributed by atoms with Crippen molar-refractivity contribution in [3.8, 4) is 0 Å². The van der Waals surface area contributed by atoms with Crippen molar-refractivity contribution >= 4 is 34.3 Å². The third kappa shape index (κ3) is 4.92. The third-order valence-corrected chi connectivity index (χ3v) is 6.58. The fourth-order valence-electron chi connectivity index (χ4n) is 4.93. The van der Waals surface area contributed by atoms with Crippen LogP contribution in [0.1, 0.15) is 34.5 Å². The molecule has 3 aromatic carbocycles. The van der Waals surface area contributed by atoms with Gasteiger partial charge in [-0.3, -0.25) is 9.69 Å². The van der Waals surface area contributed by atoms with E-state index in [1.54, 1.807) is 24.3 Å². The normalized spacial score (nSPS) is 14.2. The Morgan fingerprint density at radius 2 is 1.47 bits per heavy atom. The Labute approximate surface area is 210 Å². The fourth-order valence-corrected chi connectivity index (χ4v) is 4.93. The molecular weight excluding hydrogens is 452 g/mol. The molecule has 1 aliphatic heterocycles. The van der Waals surface area contributed by atoms with Gasteiger partial charge in [0.2, 0.25) is 5.91 Å². The van der Waals surface area contributed by atoms with Crippen LogP contribution in [0.4, 0.5) is 11.5 Å². The van der Waals surface area contributed by atoms with E-state index >= 15 is 0 Å². The zero-order valence-corrected chi connectivity index (χ0v) is 20.1. The number of hydrogen-bond acceptors (Lipinski definition) is 5. The molecule has 2 heterocycles.